The fourth-order valence-electron chi connectivity index (χ4n) is 3.31. The van der Waals surface area contributed by atoms with E-state index in [0.717, 1.165) is 19.4 Å². The molecule has 0 bridgehead atoms. The summed E-state index contributed by atoms with van der Waals surface area (Å²) in [4.78, 5) is 13.3. The highest BCUT2D eigenvalue weighted by Gasteiger charge is 2.36. The van der Waals surface area contributed by atoms with E-state index in [-0.39, 0.29) is 0 Å². The molecule has 0 aromatic heterocycles. The number of carboxylic acid groups (broad SMARTS) is 1. The third kappa shape index (κ3) is 3.23. The maximum atomic E-state index is 10.8. The van der Waals surface area contributed by atoms with Gasteiger partial charge in [0.2, 0.25) is 0 Å². The first-order valence-corrected chi connectivity index (χ1v) is 7.08. The average molecular weight is 255 g/mol. The smallest absolute Gasteiger partial charge is 0.303 e. The predicted molar refractivity (Wildman–Crippen MR) is 69.5 cm³/mol. The second kappa shape index (κ2) is 6.02. The zero-order chi connectivity index (χ0) is 13.1. The molecule has 18 heavy (non-hydrogen) atoms. The SMILES string of the molecule is COC1CC(N2CCCC(C(C)CC(=O)O)C2)C1. The highest BCUT2D eigenvalue weighted by Crippen LogP contribution is 2.33. The normalized spacial score (nSPS) is 34.9. The molecule has 2 unspecified atom stereocenters. The highest BCUT2D eigenvalue weighted by molar-refractivity contribution is 5.67. The maximum Gasteiger partial charge on any atom is 0.303 e. The summed E-state index contributed by atoms with van der Waals surface area (Å²) in [7, 11) is 1.79. The van der Waals surface area contributed by atoms with Crippen molar-refractivity contribution in [3.63, 3.8) is 0 Å². The number of likely N-dealkylation sites (tertiary alicyclic amines) is 1. The number of aliphatic carboxylic acids is 1. The molecule has 2 fully saturated rings. The third-order valence-corrected chi connectivity index (χ3v) is 4.71. The molecule has 0 spiro atoms. The summed E-state index contributed by atoms with van der Waals surface area (Å²) in [6.45, 7) is 4.34. The number of nitrogens with zero attached hydrogens (tertiary/aromatic N) is 1. The van der Waals surface area contributed by atoms with E-state index < -0.39 is 5.97 Å². The van der Waals surface area contributed by atoms with Gasteiger partial charge in [0.15, 0.2) is 0 Å². The van der Waals surface area contributed by atoms with E-state index in [1.54, 1.807) is 7.11 Å². The van der Waals surface area contributed by atoms with Gasteiger partial charge in [0, 0.05) is 26.1 Å². The number of rotatable bonds is 5. The first kappa shape index (κ1) is 13.8. The van der Waals surface area contributed by atoms with Gasteiger partial charge in [-0.3, -0.25) is 9.69 Å². The Morgan fingerprint density at radius 2 is 2.22 bits per heavy atom. The van der Waals surface area contributed by atoms with E-state index in [1.165, 1.54) is 19.4 Å². The number of hydrogen-bond acceptors (Lipinski definition) is 3. The molecular weight excluding hydrogens is 230 g/mol. The maximum absolute atomic E-state index is 10.8. The van der Waals surface area contributed by atoms with Gasteiger partial charge in [-0.15, -0.1) is 0 Å². The molecule has 0 aromatic carbocycles. The zero-order valence-corrected chi connectivity index (χ0v) is 11.5. The van der Waals surface area contributed by atoms with E-state index in [2.05, 4.69) is 11.8 Å². The number of carboxylic acids is 1. The molecule has 1 saturated carbocycles. The fraction of sp³-hybridized carbons (Fsp3) is 0.929. The van der Waals surface area contributed by atoms with Crippen LogP contribution in [0.2, 0.25) is 0 Å². The summed E-state index contributed by atoms with van der Waals surface area (Å²) < 4.78 is 5.33. The van der Waals surface area contributed by atoms with E-state index in [4.69, 9.17) is 9.84 Å². The Bertz CT molecular complexity index is 289. The van der Waals surface area contributed by atoms with Crippen LogP contribution in [0.25, 0.3) is 0 Å². The molecule has 2 atom stereocenters. The van der Waals surface area contributed by atoms with Crippen molar-refractivity contribution in [2.24, 2.45) is 11.8 Å². The first-order chi connectivity index (χ1) is 8.60. The Morgan fingerprint density at radius 1 is 1.50 bits per heavy atom. The Labute approximate surface area is 109 Å². The number of carbonyl (C=O) groups is 1. The van der Waals surface area contributed by atoms with Gasteiger partial charge in [-0.1, -0.05) is 6.92 Å². The van der Waals surface area contributed by atoms with Crippen LogP contribution in [0.5, 0.6) is 0 Å². The first-order valence-electron chi connectivity index (χ1n) is 7.08. The van der Waals surface area contributed by atoms with Gasteiger partial charge in [-0.25, -0.2) is 0 Å². The molecule has 4 heteroatoms. The highest BCUT2D eigenvalue weighted by atomic mass is 16.5. The molecule has 0 radical (unpaired) electrons. The topological polar surface area (TPSA) is 49.8 Å². The largest absolute Gasteiger partial charge is 0.481 e. The summed E-state index contributed by atoms with van der Waals surface area (Å²) in [5, 5.41) is 8.88. The summed E-state index contributed by atoms with van der Waals surface area (Å²) in [6.07, 6.45) is 5.46. The Balaban J connectivity index is 1.79. The molecule has 0 amide bonds. The Kier molecular flexibility index (Phi) is 4.62. The molecule has 1 heterocycles. The van der Waals surface area contributed by atoms with Crippen LogP contribution in [0.4, 0.5) is 0 Å². The van der Waals surface area contributed by atoms with Gasteiger partial charge in [0.1, 0.15) is 0 Å². The van der Waals surface area contributed by atoms with Gasteiger partial charge in [0.05, 0.1) is 6.10 Å². The van der Waals surface area contributed by atoms with Crippen LogP contribution in [0, 0.1) is 11.8 Å². The average Bonchev–Trinajstić information content (AvgIpc) is 2.27. The minimum atomic E-state index is -0.664. The van der Waals surface area contributed by atoms with Crippen LogP contribution in [0.1, 0.15) is 39.0 Å². The molecule has 0 aromatic rings. The van der Waals surface area contributed by atoms with E-state index in [1.807, 2.05) is 0 Å². The molecular formula is C14H25NO3. The van der Waals surface area contributed by atoms with Crippen LogP contribution in [-0.2, 0) is 9.53 Å². The number of piperidine rings is 1. The van der Waals surface area contributed by atoms with Crippen molar-refractivity contribution in [2.75, 3.05) is 20.2 Å². The van der Waals surface area contributed by atoms with Crippen molar-refractivity contribution in [2.45, 2.75) is 51.2 Å². The van der Waals surface area contributed by atoms with Gasteiger partial charge >= 0.3 is 5.97 Å². The van der Waals surface area contributed by atoms with Crippen LogP contribution >= 0.6 is 0 Å². The Morgan fingerprint density at radius 3 is 2.83 bits per heavy atom. The Hall–Kier alpha value is -0.610. The number of ether oxygens (including phenoxy) is 1. The van der Waals surface area contributed by atoms with Crippen LogP contribution in [0.15, 0.2) is 0 Å². The number of methoxy groups -OCH3 is 1. The van der Waals surface area contributed by atoms with Crippen molar-refractivity contribution >= 4 is 5.97 Å². The number of hydrogen-bond donors (Lipinski definition) is 1. The van der Waals surface area contributed by atoms with Gasteiger partial charge in [-0.2, -0.15) is 0 Å². The monoisotopic (exact) mass is 255 g/mol. The van der Waals surface area contributed by atoms with E-state index in [9.17, 15) is 4.79 Å². The van der Waals surface area contributed by atoms with Crippen LogP contribution in [0.3, 0.4) is 0 Å². The summed E-state index contributed by atoms with van der Waals surface area (Å²) in [6, 6.07) is 0.676. The fourth-order valence-corrected chi connectivity index (χ4v) is 3.31. The van der Waals surface area contributed by atoms with E-state index >= 15 is 0 Å². The van der Waals surface area contributed by atoms with Crippen molar-refractivity contribution < 1.29 is 14.6 Å². The molecule has 2 aliphatic rings. The van der Waals surface area contributed by atoms with Gasteiger partial charge in [0.25, 0.3) is 0 Å². The molecule has 1 saturated heterocycles. The van der Waals surface area contributed by atoms with Crippen LogP contribution < -0.4 is 0 Å². The van der Waals surface area contributed by atoms with Crippen molar-refractivity contribution in [3.05, 3.63) is 0 Å². The lowest BCUT2D eigenvalue weighted by atomic mass is 9.81. The minimum Gasteiger partial charge on any atom is -0.481 e. The summed E-state index contributed by atoms with van der Waals surface area (Å²) >= 11 is 0. The van der Waals surface area contributed by atoms with Gasteiger partial charge < -0.3 is 9.84 Å². The minimum absolute atomic E-state index is 0.295. The summed E-state index contributed by atoms with van der Waals surface area (Å²) in [5.74, 6) is 0.183. The standard InChI is InChI=1S/C14H25NO3/c1-10(6-14(16)17)11-4-3-5-15(9-11)12-7-13(8-12)18-2/h10-13H,3-9H2,1-2H3,(H,16,17). The van der Waals surface area contributed by atoms with Crippen molar-refractivity contribution in [3.8, 4) is 0 Å². The van der Waals surface area contributed by atoms with Crippen molar-refractivity contribution in [1.82, 2.24) is 4.90 Å². The quantitative estimate of drug-likeness (QED) is 0.816. The lowest BCUT2D eigenvalue weighted by Gasteiger charge is -2.46. The zero-order valence-electron chi connectivity index (χ0n) is 11.5. The van der Waals surface area contributed by atoms with E-state index in [0.29, 0.717) is 30.4 Å². The second-order valence-electron chi connectivity index (χ2n) is 5.96. The molecule has 104 valence electrons. The molecule has 4 nitrogen and oxygen atoms in total. The lowest BCUT2D eigenvalue weighted by Crippen LogP contribution is -2.52. The molecule has 2 rings (SSSR count). The van der Waals surface area contributed by atoms with Crippen LogP contribution in [-0.4, -0.2) is 48.3 Å². The molecule has 1 N–H and O–H groups in total. The van der Waals surface area contributed by atoms with Crippen molar-refractivity contribution in [1.29, 1.82) is 0 Å². The summed E-state index contributed by atoms with van der Waals surface area (Å²) in [5.41, 5.74) is 0. The van der Waals surface area contributed by atoms with Gasteiger partial charge in [-0.05, 0) is 44.1 Å². The predicted octanol–water partition coefficient (Wildman–Crippen LogP) is 1.99. The lowest BCUT2D eigenvalue weighted by molar-refractivity contribution is -0.138. The second-order valence-corrected chi connectivity index (χ2v) is 5.96. The molecule has 1 aliphatic heterocycles. The molecule has 1 aliphatic carbocycles. The third-order valence-electron chi connectivity index (χ3n) is 4.71.